The summed E-state index contributed by atoms with van der Waals surface area (Å²) in [6.45, 7) is 5.92. The molecule has 13 heavy (non-hydrogen) atoms. The van der Waals surface area contributed by atoms with E-state index in [9.17, 15) is 0 Å². The van der Waals surface area contributed by atoms with Crippen molar-refractivity contribution in [2.24, 2.45) is 11.8 Å². The van der Waals surface area contributed by atoms with Gasteiger partial charge in [-0.3, -0.25) is 0 Å². The topological polar surface area (TPSA) is 32.3 Å². The standard InChI is InChI=1S/C11H23NO/c1-9(6-7-13)8-12-11-5-3-4-10(11)2/h9-13H,3-8H2,1-2H3. The lowest BCUT2D eigenvalue weighted by Gasteiger charge is -2.19. The van der Waals surface area contributed by atoms with Crippen LogP contribution in [0.5, 0.6) is 0 Å². The molecule has 1 aliphatic rings. The Balaban J connectivity index is 2.10. The molecule has 0 amide bonds. The average Bonchev–Trinajstić information content (AvgIpc) is 2.48. The molecule has 2 nitrogen and oxygen atoms in total. The van der Waals surface area contributed by atoms with Crippen molar-refractivity contribution in [3.63, 3.8) is 0 Å². The number of aliphatic hydroxyl groups is 1. The van der Waals surface area contributed by atoms with Gasteiger partial charge < -0.3 is 10.4 Å². The van der Waals surface area contributed by atoms with Crippen LogP contribution in [0.25, 0.3) is 0 Å². The lowest BCUT2D eigenvalue weighted by Crippen LogP contribution is -2.34. The van der Waals surface area contributed by atoms with E-state index in [-0.39, 0.29) is 0 Å². The molecular weight excluding hydrogens is 162 g/mol. The fraction of sp³-hybridized carbons (Fsp3) is 1.00. The van der Waals surface area contributed by atoms with Crippen LogP contribution in [0.4, 0.5) is 0 Å². The van der Waals surface area contributed by atoms with Crippen LogP contribution in [0.3, 0.4) is 0 Å². The number of rotatable bonds is 5. The van der Waals surface area contributed by atoms with E-state index < -0.39 is 0 Å². The van der Waals surface area contributed by atoms with E-state index in [4.69, 9.17) is 5.11 Å². The van der Waals surface area contributed by atoms with Crippen molar-refractivity contribution in [1.82, 2.24) is 5.32 Å². The highest BCUT2D eigenvalue weighted by Gasteiger charge is 2.22. The summed E-state index contributed by atoms with van der Waals surface area (Å²) in [5.74, 6) is 1.46. The van der Waals surface area contributed by atoms with Crippen molar-refractivity contribution in [2.45, 2.75) is 45.6 Å². The van der Waals surface area contributed by atoms with Gasteiger partial charge in [-0.05, 0) is 37.6 Å². The van der Waals surface area contributed by atoms with E-state index in [1.165, 1.54) is 19.3 Å². The van der Waals surface area contributed by atoms with Gasteiger partial charge in [-0.2, -0.15) is 0 Å². The van der Waals surface area contributed by atoms with E-state index in [0.717, 1.165) is 24.9 Å². The van der Waals surface area contributed by atoms with Crippen LogP contribution in [-0.2, 0) is 0 Å². The van der Waals surface area contributed by atoms with Crippen LogP contribution >= 0.6 is 0 Å². The fourth-order valence-corrected chi connectivity index (χ4v) is 2.12. The first-order valence-corrected chi connectivity index (χ1v) is 5.58. The number of hydrogen-bond acceptors (Lipinski definition) is 2. The van der Waals surface area contributed by atoms with Gasteiger partial charge in [-0.25, -0.2) is 0 Å². The largest absolute Gasteiger partial charge is 0.396 e. The summed E-state index contributed by atoms with van der Waals surface area (Å²) in [6, 6.07) is 0.737. The van der Waals surface area contributed by atoms with E-state index in [2.05, 4.69) is 19.2 Å². The Labute approximate surface area is 81.7 Å². The molecule has 0 bridgehead atoms. The van der Waals surface area contributed by atoms with Gasteiger partial charge in [0.15, 0.2) is 0 Å². The summed E-state index contributed by atoms with van der Waals surface area (Å²) >= 11 is 0. The monoisotopic (exact) mass is 185 g/mol. The molecular formula is C11H23NO. The van der Waals surface area contributed by atoms with Crippen molar-refractivity contribution >= 4 is 0 Å². The Morgan fingerprint density at radius 1 is 1.46 bits per heavy atom. The van der Waals surface area contributed by atoms with Crippen molar-refractivity contribution in [2.75, 3.05) is 13.2 Å². The van der Waals surface area contributed by atoms with Gasteiger partial charge in [-0.15, -0.1) is 0 Å². The molecule has 1 aliphatic carbocycles. The molecule has 0 aromatic heterocycles. The average molecular weight is 185 g/mol. The van der Waals surface area contributed by atoms with Gasteiger partial charge in [0.05, 0.1) is 0 Å². The summed E-state index contributed by atoms with van der Waals surface area (Å²) < 4.78 is 0. The SMILES string of the molecule is CC(CCO)CNC1CCCC1C. The number of hydrogen-bond donors (Lipinski definition) is 2. The maximum absolute atomic E-state index is 8.75. The van der Waals surface area contributed by atoms with Crippen LogP contribution < -0.4 is 5.32 Å². The minimum Gasteiger partial charge on any atom is -0.396 e. The lowest BCUT2D eigenvalue weighted by molar-refractivity contribution is 0.255. The van der Waals surface area contributed by atoms with Crippen LogP contribution in [0.1, 0.15) is 39.5 Å². The van der Waals surface area contributed by atoms with Crippen LogP contribution in [-0.4, -0.2) is 24.3 Å². The molecule has 0 radical (unpaired) electrons. The predicted molar refractivity (Wildman–Crippen MR) is 55.7 cm³/mol. The van der Waals surface area contributed by atoms with E-state index >= 15 is 0 Å². The van der Waals surface area contributed by atoms with Crippen LogP contribution in [0.15, 0.2) is 0 Å². The maximum Gasteiger partial charge on any atom is 0.0434 e. The first-order chi connectivity index (χ1) is 6.24. The summed E-state index contributed by atoms with van der Waals surface area (Å²) in [5.41, 5.74) is 0. The Kier molecular flexibility index (Phi) is 4.74. The second-order valence-electron chi connectivity index (χ2n) is 4.54. The van der Waals surface area contributed by atoms with Gasteiger partial charge in [0.25, 0.3) is 0 Å². The summed E-state index contributed by atoms with van der Waals surface area (Å²) in [4.78, 5) is 0. The highest BCUT2D eigenvalue weighted by atomic mass is 16.3. The third-order valence-electron chi connectivity index (χ3n) is 3.21. The van der Waals surface area contributed by atoms with Gasteiger partial charge in [-0.1, -0.05) is 20.3 Å². The Bertz CT molecular complexity index is 138. The smallest absolute Gasteiger partial charge is 0.0434 e. The lowest BCUT2D eigenvalue weighted by atomic mass is 10.0. The van der Waals surface area contributed by atoms with Crippen molar-refractivity contribution < 1.29 is 5.11 Å². The Morgan fingerprint density at radius 3 is 2.77 bits per heavy atom. The van der Waals surface area contributed by atoms with Gasteiger partial charge in [0, 0.05) is 12.6 Å². The molecule has 1 fully saturated rings. The molecule has 1 saturated carbocycles. The maximum atomic E-state index is 8.75. The molecule has 3 atom stereocenters. The van der Waals surface area contributed by atoms with E-state index in [1.807, 2.05) is 0 Å². The van der Waals surface area contributed by atoms with Crippen LogP contribution in [0.2, 0.25) is 0 Å². The predicted octanol–water partition coefficient (Wildman–Crippen LogP) is 1.78. The van der Waals surface area contributed by atoms with E-state index in [0.29, 0.717) is 12.5 Å². The molecule has 2 heteroatoms. The molecule has 0 heterocycles. The highest BCUT2D eigenvalue weighted by molar-refractivity contribution is 4.80. The normalized spacial score (nSPS) is 30.7. The second-order valence-corrected chi connectivity index (χ2v) is 4.54. The third-order valence-corrected chi connectivity index (χ3v) is 3.21. The zero-order chi connectivity index (χ0) is 9.68. The third kappa shape index (κ3) is 3.65. The van der Waals surface area contributed by atoms with Crippen molar-refractivity contribution in [1.29, 1.82) is 0 Å². The summed E-state index contributed by atoms with van der Waals surface area (Å²) in [6.07, 6.45) is 5.03. The second kappa shape index (κ2) is 5.61. The molecule has 78 valence electrons. The molecule has 1 rings (SSSR count). The number of nitrogens with one attached hydrogen (secondary N) is 1. The van der Waals surface area contributed by atoms with E-state index in [1.54, 1.807) is 0 Å². The first-order valence-electron chi connectivity index (χ1n) is 5.58. The molecule has 0 spiro atoms. The molecule has 3 unspecified atom stereocenters. The zero-order valence-corrected chi connectivity index (χ0v) is 8.92. The van der Waals surface area contributed by atoms with Gasteiger partial charge in [0.2, 0.25) is 0 Å². The summed E-state index contributed by atoms with van der Waals surface area (Å²) in [7, 11) is 0. The molecule has 0 saturated heterocycles. The quantitative estimate of drug-likeness (QED) is 0.684. The minimum absolute atomic E-state index is 0.322. The van der Waals surface area contributed by atoms with Gasteiger partial charge in [0.1, 0.15) is 0 Å². The van der Waals surface area contributed by atoms with Crippen molar-refractivity contribution in [3.05, 3.63) is 0 Å². The Morgan fingerprint density at radius 2 is 2.23 bits per heavy atom. The molecule has 0 aromatic rings. The fourth-order valence-electron chi connectivity index (χ4n) is 2.12. The molecule has 2 N–H and O–H groups in total. The highest BCUT2D eigenvalue weighted by Crippen LogP contribution is 2.24. The first kappa shape index (κ1) is 11.0. The Hall–Kier alpha value is -0.0800. The molecule has 0 aromatic carbocycles. The van der Waals surface area contributed by atoms with Crippen molar-refractivity contribution in [3.8, 4) is 0 Å². The zero-order valence-electron chi connectivity index (χ0n) is 8.92. The number of aliphatic hydroxyl groups excluding tert-OH is 1. The van der Waals surface area contributed by atoms with Gasteiger partial charge >= 0.3 is 0 Å². The van der Waals surface area contributed by atoms with Crippen LogP contribution in [0, 0.1) is 11.8 Å². The minimum atomic E-state index is 0.322. The molecule has 0 aliphatic heterocycles. The summed E-state index contributed by atoms with van der Waals surface area (Å²) in [5, 5.41) is 12.4.